The second kappa shape index (κ2) is 8.11. The third kappa shape index (κ3) is 4.38. The molecule has 2 aliphatic rings. The Balaban J connectivity index is 1.66. The van der Waals surface area contributed by atoms with Gasteiger partial charge in [0.1, 0.15) is 18.5 Å². The van der Waals surface area contributed by atoms with Gasteiger partial charge in [-0.3, -0.25) is 14.5 Å². The number of nitrogens with one attached hydrogen (secondary N) is 1. The van der Waals surface area contributed by atoms with Crippen molar-refractivity contribution in [2.75, 3.05) is 50.1 Å². The zero-order valence-electron chi connectivity index (χ0n) is 14.9. The minimum absolute atomic E-state index is 0.0521. The van der Waals surface area contributed by atoms with Crippen LogP contribution >= 0.6 is 0 Å². The summed E-state index contributed by atoms with van der Waals surface area (Å²) in [7, 11) is 1.88. The summed E-state index contributed by atoms with van der Waals surface area (Å²) >= 11 is 0. The molecule has 7 nitrogen and oxygen atoms in total. The lowest BCUT2D eigenvalue weighted by Crippen LogP contribution is -2.47. The third-order valence-electron chi connectivity index (χ3n) is 4.79. The van der Waals surface area contributed by atoms with E-state index >= 15 is 0 Å². The Kier molecular flexibility index (Phi) is 5.85. The smallest absolute Gasteiger partial charge is 0.253 e. The first-order valence-electron chi connectivity index (χ1n) is 8.88. The first-order valence-corrected chi connectivity index (χ1v) is 8.88. The molecule has 1 aromatic rings. The first-order chi connectivity index (χ1) is 12.5. The summed E-state index contributed by atoms with van der Waals surface area (Å²) in [6.45, 7) is 1.65. The Morgan fingerprint density at radius 1 is 1.50 bits per heavy atom. The number of halogens is 1. The van der Waals surface area contributed by atoms with Crippen LogP contribution in [0.3, 0.4) is 0 Å². The van der Waals surface area contributed by atoms with Crippen LogP contribution < -0.4 is 16.0 Å². The maximum atomic E-state index is 14.5. The second-order valence-electron chi connectivity index (χ2n) is 6.89. The molecule has 8 heteroatoms. The number of anilines is 2. The predicted octanol–water partition coefficient (Wildman–Crippen LogP) is 0.797. The van der Waals surface area contributed by atoms with E-state index in [4.69, 9.17) is 10.5 Å². The molecule has 1 saturated heterocycles. The highest BCUT2D eigenvalue weighted by Gasteiger charge is 2.29. The zero-order valence-corrected chi connectivity index (χ0v) is 14.9. The number of amides is 2. The van der Waals surface area contributed by atoms with Crippen LogP contribution in [0.2, 0.25) is 0 Å². The summed E-state index contributed by atoms with van der Waals surface area (Å²) in [5, 5.41) is 2.72. The summed E-state index contributed by atoms with van der Waals surface area (Å²) in [5.41, 5.74) is 6.29. The molecule has 2 amide bonds. The van der Waals surface area contributed by atoms with E-state index in [1.165, 1.54) is 29.9 Å². The molecule has 1 atom stereocenters. The van der Waals surface area contributed by atoms with Crippen molar-refractivity contribution in [2.24, 2.45) is 11.7 Å². The second-order valence-corrected chi connectivity index (χ2v) is 6.89. The molecule has 0 unspecified atom stereocenters. The van der Waals surface area contributed by atoms with E-state index < -0.39 is 11.9 Å². The van der Waals surface area contributed by atoms with Gasteiger partial charge in [-0.25, -0.2) is 4.39 Å². The quantitative estimate of drug-likeness (QED) is 0.747. The van der Waals surface area contributed by atoms with Gasteiger partial charge in [0.25, 0.3) is 5.91 Å². The average Bonchev–Trinajstić information content (AvgIpc) is 3.40. The first kappa shape index (κ1) is 18.8. The van der Waals surface area contributed by atoms with E-state index in [1.54, 1.807) is 6.07 Å². The molecule has 0 spiro atoms. The van der Waals surface area contributed by atoms with Crippen LogP contribution in [0, 0.1) is 11.7 Å². The fourth-order valence-corrected chi connectivity index (χ4v) is 3.12. The van der Waals surface area contributed by atoms with Crippen molar-refractivity contribution in [3.8, 4) is 0 Å². The Labute approximate surface area is 152 Å². The minimum Gasteiger partial charge on any atom is -0.370 e. The fourth-order valence-electron chi connectivity index (χ4n) is 3.12. The number of morpholine rings is 1. The van der Waals surface area contributed by atoms with E-state index in [0.29, 0.717) is 24.8 Å². The molecule has 3 N–H and O–H groups in total. The van der Waals surface area contributed by atoms with Crippen molar-refractivity contribution in [1.29, 1.82) is 0 Å². The van der Waals surface area contributed by atoms with Crippen LogP contribution in [0.15, 0.2) is 18.2 Å². The molecule has 26 heavy (non-hydrogen) atoms. The molecule has 3 rings (SSSR count). The monoisotopic (exact) mass is 364 g/mol. The number of carbonyl (C=O) groups is 2. The molecular weight excluding hydrogens is 339 g/mol. The van der Waals surface area contributed by atoms with Crippen LogP contribution in [0.1, 0.15) is 12.8 Å². The number of hydrogen-bond donors (Lipinski definition) is 2. The average molecular weight is 364 g/mol. The lowest BCUT2D eigenvalue weighted by molar-refractivity contribution is -0.125. The third-order valence-corrected chi connectivity index (χ3v) is 4.79. The zero-order chi connectivity index (χ0) is 18.7. The molecular formula is C18H25FN4O3. The van der Waals surface area contributed by atoms with Crippen molar-refractivity contribution in [1.82, 2.24) is 4.90 Å². The Morgan fingerprint density at radius 2 is 2.27 bits per heavy atom. The summed E-state index contributed by atoms with van der Waals surface area (Å²) in [6, 6.07) is 3.86. The van der Waals surface area contributed by atoms with Crippen molar-refractivity contribution in [2.45, 2.75) is 18.9 Å². The van der Waals surface area contributed by atoms with Gasteiger partial charge in [0.05, 0.1) is 12.3 Å². The number of benzene rings is 1. The Morgan fingerprint density at radius 3 is 2.88 bits per heavy atom. The van der Waals surface area contributed by atoms with E-state index in [1.807, 2.05) is 11.9 Å². The molecule has 0 radical (unpaired) electrons. The van der Waals surface area contributed by atoms with Gasteiger partial charge in [0, 0.05) is 25.3 Å². The van der Waals surface area contributed by atoms with Crippen LogP contribution in [0.4, 0.5) is 15.8 Å². The van der Waals surface area contributed by atoms with Gasteiger partial charge < -0.3 is 20.7 Å². The van der Waals surface area contributed by atoms with Crippen molar-refractivity contribution in [3.05, 3.63) is 24.0 Å². The fraction of sp³-hybridized carbons (Fsp3) is 0.556. The SMILES string of the molecule is CN(CC1CC1)[C@H](CN)C(=O)Nc1ccc(N2CCOCC2=O)c(F)c1. The number of nitrogens with two attached hydrogens (primary N) is 1. The highest BCUT2D eigenvalue weighted by molar-refractivity contribution is 5.97. The molecule has 0 aromatic heterocycles. The molecule has 1 aromatic carbocycles. The molecule has 1 aliphatic heterocycles. The number of ether oxygens (including phenoxy) is 1. The van der Waals surface area contributed by atoms with Crippen LogP contribution in [-0.2, 0) is 14.3 Å². The van der Waals surface area contributed by atoms with Gasteiger partial charge in [0.2, 0.25) is 5.91 Å². The Bertz CT molecular complexity index is 680. The molecule has 1 saturated carbocycles. The summed E-state index contributed by atoms with van der Waals surface area (Å²) < 4.78 is 19.5. The van der Waals surface area contributed by atoms with E-state index in [9.17, 15) is 14.0 Å². The van der Waals surface area contributed by atoms with Gasteiger partial charge in [0.15, 0.2) is 0 Å². The number of likely N-dealkylation sites (N-methyl/N-ethyl adjacent to an activating group) is 1. The van der Waals surface area contributed by atoms with Gasteiger partial charge in [-0.1, -0.05) is 0 Å². The van der Waals surface area contributed by atoms with Crippen LogP contribution in [0.25, 0.3) is 0 Å². The summed E-state index contributed by atoms with van der Waals surface area (Å²) in [4.78, 5) is 27.7. The van der Waals surface area contributed by atoms with Gasteiger partial charge in [-0.05, 0) is 44.0 Å². The standard InChI is InChI=1S/C18H25FN4O3/c1-22(10-12-2-3-12)16(9-20)18(25)21-13-4-5-15(14(19)8-13)23-6-7-26-11-17(23)24/h4-5,8,12,16H,2-3,6-7,9-11,20H2,1H3,(H,21,25)/t16-/m1/s1. The number of hydrogen-bond acceptors (Lipinski definition) is 5. The molecule has 142 valence electrons. The largest absolute Gasteiger partial charge is 0.370 e. The maximum absolute atomic E-state index is 14.5. The van der Waals surface area contributed by atoms with Gasteiger partial charge in [-0.2, -0.15) is 0 Å². The topological polar surface area (TPSA) is 87.9 Å². The lowest BCUT2D eigenvalue weighted by atomic mass is 10.2. The summed E-state index contributed by atoms with van der Waals surface area (Å²) in [6.07, 6.45) is 2.38. The lowest BCUT2D eigenvalue weighted by Gasteiger charge is -2.28. The Hall–Kier alpha value is -2.03. The number of carbonyl (C=O) groups excluding carboxylic acids is 2. The highest BCUT2D eigenvalue weighted by Crippen LogP contribution is 2.30. The van der Waals surface area contributed by atoms with Gasteiger partial charge >= 0.3 is 0 Å². The van der Waals surface area contributed by atoms with Gasteiger partial charge in [-0.15, -0.1) is 0 Å². The van der Waals surface area contributed by atoms with E-state index in [0.717, 1.165) is 6.54 Å². The van der Waals surface area contributed by atoms with Crippen LogP contribution in [0.5, 0.6) is 0 Å². The maximum Gasteiger partial charge on any atom is 0.253 e. The van der Waals surface area contributed by atoms with Crippen molar-refractivity contribution >= 4 is 23.2 Å². The highest BCUT2D eigenvalue weighted by atomic mass is 19.1. The van der Waals surface area contributed by atoms with Crippen molar-refractivity contribution in [3.63, 3.8) is 0 Å². The molecule has 1 aliphatic carbocycles. The molecule has 1 heterocycles. The molecule has 0 bridgehead atoms. The normalized spacial score (nSPS) is 18.9. The number of rotatable bonds is 7. The minimum atomic E-state index is -0.561. The summed E-state index contributed by atoms with van der Waals surface area (Å²) in [5.74, 6) is -0.458. The molecule has 2 fully saturated rings. The number of nitrogens with zero attached hydrogens (tertiary/aromatic N) is 2. The van der Waals surface area contributed by atoms with Crippen molar-refractivity contribution < 1.29 is 18.7 Å². The van der Waals surface area contributed by atoms with E-state index in [-0.39, 0.29) is 30.7 Å². The van der Waals surface area contributed by atoms with Crippen LogP contribution in [-0.4, -0.2) is 62.7 Å². The van der Waals surface area contributed by atoms with E-state index in [2.05, 4.69) is 5.32 Å². The predicted molar refractivity (Wildman–Crippen MR) is 96.4 cm³/mol.